The van der Waals surface area contributed by atoms with E-state index in [0.29, 0.717) is 13.1 Å². The van der Waals surface area contributed by atoms with Gasteiger partial charge < -0.3 is 0 Å². The molecule has 1 aromatic carbocycles. The molecule has 1 aromatic rings. The first-order valence-electron chi connectivity index (χ1n) is 6.71. The number of sulfonamides is 1. The summed E-state index contributed by atoms with van der Waals surface area (Å²) in [6.07, 6.45) is 2.49. The maximum atomic E-state index is 13.7. The van der Waals surface area contributed by atoms with Gasteiger partial charge in [-0.1, -0.05) is 6.42 Å². The number of nitrogens with zero attached hydrogens (tertiary/aromatic N) is 2. The van der Waals surface area contributed by atoms with E-state index in [0.717, 1.165) is 25.3 Å². The third kappa shape index (κ3) is 2.77. The summed E-state index contributed by atoms with van der Waals surface area (Å²) < 4.78 is 40.4. The summed E-state index contributed by atoms with van der Waals surface area (Å²) >= 11 is 0. The minimum Gasteiger partial charge on any atom is -0.258 e. The minimum atomic E-state index is -3.83. The number of hydrogen-bond acceptors (Lipinski definition) is 4. The van der Waals surface area contributed by atoms with Gasteiger partial charge in [-0.25, -0.2) is 8.42 Å². The molecule has 21 heavy (non-hydrogen) atoms. The number of halogens is 1. The zero-order valence-corrected chi connectivity index (χ0v) is 12.7. The summed E-state index contributed by atoms with van der Waals surface area (Å²) in [5, 5.41) is 11.0. The zero-order valence-electron chi connectivity index (χ0n) is 11.9. The summed E-state index contributed by atoms with van der Waals surface area (Å²) in [5.74, 6) is -1.01. The van der Waals surface area contributed by atoms with Crippen LogP contribution in [0.2, 0.25) is 0 Å². The molecule has 6 nitrogen and oxygen atoms in total. The molecule has 0 N–H and O–H groups in total. The normalized spacial score (nSPS) is 16.9. The number of rotatable bonds is 3. The van der Waals surface area contributed by atoms with Crippen molar-refractivity contribution in [1.29, 1.82) is 0 Å². The second-order valence-electron chi connectivity index (χ2n) is 5.20. The highest BCUT2D eigenvalue weighted by atomic mass is 32.2. The lowest BCUT2D eigenvalue weighted by Crippen LogP contribution is -2.36. The molecule has 0 unspecified atom stereocenters. The van der Waals surface area contributed by atoms with Crippen molar-refractivity contribution in [2.24, 2.45) is 0 Å². The second kappa shape index (κ2) is 5.69. The van der Waals surface area contributed by atoms with Crippen molar-refractivity contribution in [2.75, 3.05) is 13.1 Å². The quantitative estimate of drug-likeness (QED) is 0.634. The van der Waals surface area contributed by atoms with E-state index in [9.17, 15) is 22.9 Å². The highest BCUT2D eigenvalue weighted by Gasteiger charge is 2.33. The molecular weight excluding hydrogens is 299 g/mol. The Bertz CT molecular complexity index is 682. The predicted molar refractivity (Wildman–Crippen MR) is 75.1 cm³/mol. The van der Waals surface area contributed by atoms with Crippen LogP contribution >= 0.6 is 0 Å². The van der Waals surface area contributed by atoms with Gasteiger partial charge >= 0.3 is 5.69 Å². The molecule has 0 radical (unpaired) electrons. The first-order valence-corrected chi connectivity index (χ1v) is 8.15. The lowest BCUT2D eigenvalue weighted by molar-refractivity contribution is -0.388. The first kappa shape index (κ1) is 15.8. The summed E-state index contributed by atoms with van der Waals surface area (Å²) in [5.41, 5.74) is -0.708. The highest BCUT2D eigenvalue weighted by Crippen LogP contribution is 2.33. The molecule has 0 atom stereocenters. The first-order chi connectivity index (χ1) is 9.76. The average molecular weight is 316 g/mol. The van der Waals surface area contributed by atoms with E-state index in [4.69, 9.17) is 0 Å². The minimum absolute atomic E-state index is 0.136. The van der Waals surface area contributed by atoms with Crippen LogP contribution in [0, 0.1) is 29.8 Å². The van der Waals surface area contributed by atoms with Gasteiger partial charge in [0.2, 0.25) is 15.8 Å². The molecule has 0 saturated carbocycles. The fourth-order valence-electron chi connectivity index (χ4n) is 2.76. The molecule has 1 saturated heterocycles. The van der Waals surface area contributed by atoms with Gasteiger partial charge in [0.1, 0.15) is 0 Å². The molecule has 2 rings (SSSR count). The number of piperidine rings is 1. The smallest absolute Gasteiger partial charge is 0.258 e. The summed E-state index contributed by atoms with van der Waals surface area (Å²) in [6.45, 7) is 3.53. The number of nitro groups is 1. The molecule has 0 aromatic heterocycles. The van der Waals surface area contributed by atoms with Gasteiger partial charge in [-0.15, -0.1) is 0 Å². The van der Waals surface area contributed by atoms with Crippen LogP contribution in [0.4, 0.5) is 10.1 Å². The Hall–Kier alpha value is -1.54. The van der Waals surface area contributed by atoms with Crippen LogP contribution in [0.25, 0.3) is 0 Å². The van der Waals surface area contributed by atoms with Gasteiger partial charge in [-0.2, -0.15) is 8.70 Å². The van der Waals surface area contributed by atoms with Crippen LogP contribution in [0.15, 0.2) is 11.0 Å². The molecule has 1 aliphatic rings. The maximum Gasteiger partial charge on any atom is 0.309 e. The molecule has 1 fully saturated rings. The Morgan fingerprint density at radius 3 is 2.33 bits per heavy atom. The molecule has 0 bridgehead atoms. The fourth-order valence-corrected chi connectivity index (χ4v) is 4.71. The standard InChI is InChI=1S/C13H17FN2O4S/c1-9-8-11(14)12(16(17)18)10(2)13(9)21(19,20)15-6-4-3-5-7-15/h8H,3-7H2,1-2H3. The van der Waals surface area contributed by atoms with E-state index in [1.165, 1.54) is 18.2 Å². The Morgan fingerprint density at radius 1 is 1.24 bits per heavy atom. The van der Waals surface area contributed by atoms with Crippen molar-refractivity contribution in [3.8, 4) is 0 Å². The topological polar surface area (TPSA) is 80.5 Å². The lowest BCUT2D eigenvalue weighted by Gasteiger charge is -2.27. The highest BCUT2D eigenvalue weighted by molar-refractivity contribution is 7.89. The van der Waals surface area contributed by atoms with Crippen molar-refractivity contribution in [1.82, 2.24) is 4.31 Å². The van der Waals surface area contributed by atoms with Gasteiger partial charge in [-0.3, -0.25) is 10.1 Å². The average Bonchev–Trinajstić information content (AvgIpc) is 2.38. The van der Waals surface area contributed by atoms with Crippen LogP contribution in [0.3, 0.4) is 0 Å². The van der Waals surface area contributed by atoms with Crippen LogP contribution in [0.5, 0.6) is 0 Å². The Labute approximate surface area is 122 Å². The third-order valence-electron chi connectivity index (χ3n) is 3.72. The van der Waals surface area contributed by atoms with Gasteiger partial charge in [0.15, 0.2) is 0 Å². The SMILES string of the molecule is Cc1cc(F)c([N+](=O)[O-])c(C)c1S(=O)(=O)N1CCCCC1. The largest absolute Gasteiger partial charge is 0.309 e. The van der Waals surface area contributed by atoms with Crippen LogP contribution < -0.4 is 0 Å². The van der Waals surface area contributed by atoms with Crippen molar-refractivity contribution >= 4 is 15.7 Å². The lowest BCUT2D eigenvalue weighted by atomic mass is 10.1. The van der Waals surface area contributed by atoms with Crippen LogP contribution in [-0.4, -0.2) is 30.7 Å². The predicted octanol–water partition coefficient (Wildman–Crippen LogP) is 2.53. The van der Waals surface area contributed by atoms with Gasteiger partial charge in [0, 0.05) is 13.1 Å². The van der Waals surface area contributed by atoms with Crippen molar-refractivity contribution < 1.29 is 17.7 Å². The maximum absolute atomic E-state index is 13.7. The van der Waals surface area contributed by atoms with E-state index in [2.05, 4.69) is 0 Å². The van der Waals surface area contributed by atoms with Crippen molar-refractivity contribution in [2.45, 2.75) is 38.0 Å². The van der Waals surface area contributed by atoms with Crippen LogP contribution in [-0.2, 0) is 10.0 Å². The molecule has 116 valence electrons. The van der Waals surface area contributed by atoms with Crippen LogP contribution in [0.1, 0.15) is 30.4 Å². The number of hydrogen-bond donors (Lipinski definition) is 0. The van der Waals surface area contributed by atoms with E-state index in [1.807, 2.05) is 0 Å². The molecule has 1 aliphatic heterocycles. The molecule has 0 spiro atoms. The molecule has 8 heteroatoms. The van der Waals surface area contributed by atoms with Crippen molar-refractivity contribution in [3.05, 3.63) is 33.1 Å². The van der Waals surface area contributed by atoms with Crippen molar-refractivity contribution in [3.63, 3.8) is 0 Å². The molecule has 0 amide bonds. The molecule has 0 aliphatic carbocycles. The monoisotopic (exact) mass is 316 g/mol. The molecule has 1 heterocycles. The van der Waals surface area contributed by atoms with E-state index < -0.39 is 26.5 Å². The number of benzene rings is 1. The van der Waals surface area contributed by atoms with E-state index >= 15 is 0 Å². The third-order valence-corrected chi connectivity index (χ3v) is 5.91. The van der Waals surface area contributed by atoms with Gasteiger partial charge in [0.25, 0.3) is 0 Å². The number of aryl methyl sites for hydroxylation is 1. The second-order valence-corrected chi connectivity index (χ2v) is 7.07. The van der Waals surface area contributed by atoms with Gasteiger partial charge in [0.05, 0.1) is 15.4 Å². The number of nitro benzene ring substituents is 1. The van der Waals surface area contributed by atoms with E-state index in [1.54, 1.807) is 0 Å². The summed E-state index contributed by atoms with van der Waals surface area (Å²) in [6, 6.07) is 0.919. The van der Waals surface area contributed by atoms with Gasteiger partial charge in [-0.05, 0) is 38.3 Å². The Balaban J connectivity index is 2.62. The Kier molecular flexibility index (Phi) is 4.29. The summed E-state index contributed by atoms with van der Waals surface area (Å²) in [4.78, 5) is 9.95. The zero-order chi connectivity index (χ0) is 15.8. The Morgan fingerprint density at radius 2 is 1.81 bits per heavy atom. The van der Waals surface area contributed by atoms with E-state index in [-0.39, 0.29) is 16.0 Å². The summed E-state index contributed by atoms with van der Waals surface area (Å²) in [7, 11) is -3.83. The fraction of sp³-hybridized carbons (Fsp3) is 0.538. The molecular formula is C13H17FN2O4S.